The lowest BCUT2D eigenvalue weighted by atomic mass is 10.2. The standard InChI is InChI=1S/C15H16FNO2/c1-18-14-4-2-3-11(7-14)9-19-10-12-8-13(16)5-6-15(12)17/h2-8H,9-10,17H2,1H3. The Morgan fingerprint density at radius 2 is 1.95 bits per heavy atom. The number of halogens is 1. The fourth-order valence-corrected chi connectivity index (χ4v) is 1.74. The molecule has 0 saturated carbocycles. The third-order valence-corrected chi connectivity index (χ3v) is 2.77. The number of nitrogens with two attached hydrogens (primary N) is 1. The van der Waals surface area contributed by atoms with Gasteiger partial charge in [0.15, 0.2) is 0 Å². The molecule has 0 radical (unpaired) electrons. The van der Waals surface area contributed by atoms with Crippen LogP contribution in [0.4, 0.5) is 10.1 Å². The van der Waals surface area contributed by atoms with Gasteiger partial charge in [-0.3, -0.25) is 0 Å². The van der Waals surface area contributed by atoms with E-state index in [1.165, 1.54) is 12.1 Å². The van der Waals surface area contributed by atoms with Gasteiger partial charge in [0.2, 0.25) is 0 Å². The van der Waals surface area contributed by atoms with Gasteiger partial charge < -0.3 is 15.2 Å². The molecule has 0 spiro atoms. The van der Waals surface area contributed by atoms with Crippen molar-refractivity contribution in [1.29, 1.82) is 0 Å². The molecule has 0 amide bonds. The van der Waals surface area contributed by atoms with Crippen LogP contribution in [0.1, 0.15) is 11.1 Å². The van der Waals surface area contributed by atoms with E-state index in [4.69, 9.17) is 15.2 Å². The first-order valence-electron chi connectivity index (χ1n) is 5.93. The summed E-state index contributed by atoms with van der Waals surface area (Å²) in [7, 11) is 1.62. The van der Waals surface area contributed by atoms with Crippen LogP contribution in [0.15, 0.2) is 42.5 Å². The second kappa shape index (κ2) is 6.20. The predicted octanol–water partition coefficient (Wildman–Crippen LogP) is 3.13. The molecule has 19 heavy (non-hydrogen) atoms. The lowest BCUT2D eigenvalue weighted by Crippen LogP contribution is -1.99. The molecule has 0 atom stereocenters. The van der Waals surface area contributed by atoms with E-state index in [0.717, 1.165) is 11.3 Å². The maximum Gasteiger partial charge on any atom is 0.123 e. The minimum atomic E-state index is -0.311. The Morgan fingerprint density at radius 1 is 1.11 bits per heavy atom. The first-order valence-corrected chi connectivity index (χ1v) is 5.93. The maximum atomic E-state index is 13.1. The number of rotatable bonds is 5. The molecule has 4 heteroatoms. The molecule has 3 nitrogen and oxygen atoms in total. The monoisotopic (exact) mass is 261 g/mol. The van der Waals surface area contributed by atoms with Gasteiger partial charge in [-0.1, -0.05) is 12.1 Å². The van der Waals surface area contributed by atoms with Crippen molar-refractivity contribution in [2.24, 2.45) is 0 Å². The van der Waals surface area contributed by atoms with Crippen molar-refractivity contribution in [2.75, 3.05) is 12.8 Å². The zero-order valence-corrected chi connectivity index (χ0v) is 10.7. The highest BCUT2D eigenvalue weighted by Crippen LogP contribution is 2.17. The number of anilines is 1. The molecule has 100 valence electrons. The first-order chi connectivity index (χ1) is 9.19. The van der Waals surface area contributed by atoms with Gasteiger partial charge in [-0.15, -0.1) is 0 Å². The van der Waals surface area contributed by atoms with Crippen LogP contribution in [0.25, 0.3) is 0 Å². The van der Waals surface area contributed by atoms with Crippen molar-refractivity contribution in [1.82, 2.24) is 0 Å². The van der Waals surface area contributed by atoms with Crippen LogP contribution in [-0.4, -0.2) is 7.11 Å². The van der Waals surface area contributed by atoms with Crippen molar-refractivity contribution in [3.8, 4) is 5.75 Å². The fourth-order valence-electron chi connectivity index (χ4n) is 1.74. The SMILES string of the molecule is COc1cccc(COCc2cc(F)ccc2N)c1. The van der Waals surface area contributed by atoms with E-state index < -0.39 is 0 Å². The molecular formula is C15H16FNO2. The number of ether oxygens (including phenoxy) is 2. The van der Waals surface area contributed by atoms with Gasteiger partial charge in [-0.25, -0.2) is 4.39 Å². The largest absolute Gasteiger partial charge is 0.497 e. The van der Waals surface area contributed by atoms with Crippen LogP contribution in [0.2, 0.25) is 0 Å². The summed E-state index contributed by atoms with van der Waals surface area (Å²) < 4.78 is 23.7. The van der Waals surface area contributed by atoms with Crippen LogP contribution < -0.4 is 10.5 Å². The van der Waals surface area contributed by atoms with Crippen molar-refractivity contribution in [3.63, 3.8) is 0 Å². The van der Waals surface area contributed by atoms with Crippen molar-refractivity contribution in [2.45, 2.75) is 13.2 Å². The maximum absolute atomic E-state index is 13.1. The van der Waals surface area contributed by atoms with Crippen LogP contribution in [0.5, 0.6) is 5.75 Å². The Bertz CT molecular complexity index is 558. The molecular weight excluding hydrogens is 245 g/mol. The number of methoxy groups -OCH3 is 1. The average molecular weight is 261 g/mol. The van der Waals surface area contributed by atoms with Crippen LogP contribution >= 0.6 is 0 Å². The summed E-state index contributed by atoms with van der Waals surface area (Å²) in [6.45, 7) is 0.702. The van der Waals surface area contributed by atoms with Crippen LogP contribution in [0.3, 0.4) is 0 Å². The molecule has 0 aromatic heterocycles. The van der Waals surface area contributed by atoms with Crippen LogP contribution in [0, 0.1) is 5.82 Å². The topological polar surface area (TPSA) is 44.5 Å². The van der Waals surface area contributed by atoms with E-state index in [2.05, 4.69) is 0 Å². The third-order valence-electron chi connectivity index (χ3n) is 2.77. The van der Waals surface area contributed by atoms with Crippen LogP contribution in [-0.2, 0) is 18.0 Å². The molecule has 2 aromatic carbocycles. The molecule has 0 heterocycles. The zero-order valence-electron chi connectivity index (χ0n) is 10.7. The Balaban J connectivity index is 1.94. The van der Waals surface area contributed by atoms with Gasteiger partial charge in [0.1, 0.15) is 11.6 Å². The first kappa shape index (κ1) is 13.4. The second-order valence-electron chi connectivity index (χ2n) is 4.19. The van der Waals surface area contributed by atoms with Gasteiger partial charge in [0.25, 0.3) is 0 Å². The van der Waals surface area contributed by atoms with Gasteiger partial charge in [0, 0.05) is 11.3 Å². The Labute approximate surface area is 111 Å². The summed E-state index contributed by atoms with van der Waals surface area (Å²) in [6, 6.07) is 11.9. The average Bonchev–Trinajstić information content (AvgIpc) is 2.43. The lowest BCUT2D eigenvalue weighted by molar-refractivity contribution is 0.107. The smallest absolute Gasteiger partial charge is 0.123 e. The molecule has 0 aliphatic heterocycles. The normalized spacial score (nSPS) is 10.4. The van der Waals surface area contributed by atoms with Gasteiger partial charge in [-0.2, -0.15) is 0 Å². The summed E-state index contributed by atoms with van der Waals surface area (Å²) in [6.07, 6.45) is 0. The summed E-state index contributed by atoms with van der Waals surface area (Å²) >= 11 is 0. The number of nitrogen functional groups attached to an aromatic ring is 1. The Kier molecular flexibility index (Phi) is 4.36. The molecule has 0 unspecified atom stereocenters. The zero-order chi connectivity index (χ0) is 13.7. The van der Waals surface area contributed by atoms with Crippen molar-refractivity contribution < 1.29 is 13.9 Å². The quantitative estimate of drug-likeness (QED) is 0.841. The van der Waals surface area contributed by atoms with E-state index >= 15 is 0 Å². The molecule has 2 N–H and O–H groups in total. The highest BCUT2D eigenvalue weighted by Gasteiger charge is 2.02. The minimum Gasteiger partial charge on any atom is -0.497 e. The molecule has 0 saturated heterocycles. The van der Waals surface area contributed by atoms with Gasteiger partial charge in [-0.05, 0) is 35.9 Å². The number of benzene rings is 2. The lowest BCUT2D eigenvalue weighted by Gasteiger charge is -2.08. The number of hydrogen-bond donors (Lipinski definition) is 1. The second-order valence-corrected chi connectivity index (χ2v) is 4.19. The number of hydrogen-bond acceptors (Lipinski definition) is 3. The van der Waals surface area contributed by atoms with Gasteiger partial charge in [0.05, 0.1) is 20.3 Å². The summed E-state index contributed by atoms with van der Waals surface area (Å²) in [5, 5.41) is 0. The molecule has 0 fully saturated rings. The molecule has 2 aromatic rings. The van der Waals surface area contributed by atoms with E-state index in [0.29, 0.717) is 17.9 Å². The minimum absolute atomic E-state index is 0.279. The third kappa shape index (κ3) is 3.69. The van der Waals surface area contributed by atoms with Crippen molar-refractivity contribution in [3.05, 3.63) is 59.4 Å². The predicted molar refractivity (Wildman–Crippen MR) is 72.3 cm³/mol. The van der Waals surface area contributed by atoms with E-state index in [-0.39, 0.29) is 12.4 Å². The Hall–Kier alpha value is -2.07. The molecule has 0 aliphatic carbocycles. The van der Waals surface area contributed by atoms with Gasteiger partial charge >= 0.3 is 0 Å². The molecule has 0 aliphatic rings. The fraction of sp³-hybridized carbons (Fsp3) is 0.200. The van der Waals surface area contributed by atoms with Crippen molar-refractivity contribution >= 4 is 5.69 Å². The summed E-state index contributed by atoms with van der Waals surface area (Å²) in [4.78, 5) is 0. The molecule has 2 rings (SSSR count). The van der Waals surface area contributed by atoms with E-state index in [1.54, 1.807) is 13.2 Å². The summed E-state index contributed by atoms with van der Waals surface area (Å²) in [5.41, 5.74) is 7.93. The summed E-state index contributed by atoms with van der Waals surface area (Å²) in [5.74, 6) is 0.473. The van der Waals surface area contributed by atoms with E-state index in [9.17, 15) is 4.39 Å². The highest BCUT2D eigenvalue weighted by molar-refractivity contribution is 5.46. The highest BCUT2D eigenvalue weighted by atomic mass is 19.1. The molecule has 0 bridgehead atoms. The van der Waals surface area contributed by atoms with E-state index in [1.807, 2.05) is 24.3 Å². The Morgan fingerprint density at radius 3 is 2.74 bits per heavy atom.